The third-order valence-electron chi connectivity index (χ3n) is 5.23. The fourth-order valence-electron chi connectivity index (χ4n) is 3.52. The van der Waals surface area contributed by atoms with Gasteiger partial charge in [0.05, 0.1) is 19.2 Å². The fourth-order valence-corrected chi connectivity index (χ4v) is 3.52. The molecule has 1 aromatic carbocycles. The SMILES string of the molecule is O=C(CNc1cnc2ccccn2c1=O)N1CCN(C(=O)Cc2ccccc2)CC1. The molecule has 3 heterocycles. The first-order valence-electron chi connectivity index (χ1n) is 9.91. The standard InChI is InChI=1S/C22H23N5O3/c28-20(14-17-6-2-1-3-7-17)25-10-12-26(13-11-25)21(29)16-23-18-15-24-19-8-4-5-9-27(19)22(18)30/h1-9,15,23H,10-14,16H2. The first kappa shape index (κ1) is 19.6. The number of hydrogen-bond donors (Lipinski definition) is 1. The summed E-state index contributed by atoms with van der Waals surface area (Å²) in [5, 5.41) is 2.90. The van der Waals surface area contributed by atoms with Gasteiger partial charge in [-0.05, 0) is 17.7 Å². The molecular weight excluding hydrogens is 382 g/mol. The van der Waals surface area contributed by atoms with Crippen molar-refractivity contribution in [2.75, 3.05) is 38.0 Å². The van der Waals surface area contributed by atoms with E-state index in [0.717, 1.165) is 5.56 Å². The van der Waals surface area contributed by atoms with Crippen LogP contribution in [0.4, 0.5) is 5.69 Å². The Labute approximate surface area is 173 Å². The average molecular weight is 405 g/mol. The number of nitrogens with one attached hydrogen (secondary N) is 1. The summed E-state index contributed by atoms with van der Waals surface area (Å²) in [5.74, 6) is -0.0376. The summed E-state index contributed by atoms with van der Waals surface area (Å²) in [6, 6.07) is 14.9. The largest absolute Gasteiger partial charge is 0.370 e. The average Bonchev–Trinajstić information content (AvgIpc) is 2.79. The van der Waals surface area contributed by atoms with Gasteiger partial charge in [-0.1, -0.05) is 36.4 Å². The summed E-state index contributed by atoms with van der Waals surface area (Å²) in [5.41, 5.74) is 1.57. The van der Waals surface area contributed by atoms with E-state index in [-0.39, 0.29) is 29.6 Å². The molecule has 1 saturated heterocycles. The first-order valence-corrected chi connectivity index (χ1v) is 9.91. The normalized spacial score (nSPS) is 14.0. The number of carbonyl (C=O) groups is 2. The van der Waals surface area contributed by atoms with E-state index in [4.69, 9.17) is 0 Å². The van der Waals surface area contributed by atoms with E-state index in [1.807, 2.05) is 36.4 Å². The van der Waals surface area contributed by atoms with Gasteiger partial charge >= 0.3 is 0 Å². The van der Waals surface area contributed by atoms with Gasteiger partial charge in [-0.2, -0.15) is 0 Å². The molecule has 0 saturated carbocycles. The molecule has 1 aliphatic heterocycles. The van der Waals surface area contributed by atoms with Crippen molar-refractivity contribution in [1.82, 2.24) is 19.2 Å². The lowest BCUT2D eigenvalue weighted by molar-refractivity contribution is -0.138. The smallest absolute Gasteiger partial charge is 0.281 e. The number of carbonyl (C=O) groups excluding carboxylic acids is 2. The summed E-state index contributed by atoms with van der Waals surface area (Å²) in [6.07, 6.45) is 3.46. The molecule has 1 N–H and O–H groups in total. The number of nitrogens with zero attached hydrogens (tertiary/aromatic N) is 4. The van der Waals surface area contributed by atoms with Crippen LogP contribution in [0.25, 0.3) is 5.65 Å². The maximum Gasteiger partial charge on any atom is 0.281 e. The summed E-state index contributed by atoms with van der Waals surface area (Å²) in [7, 11) is 0. The molecular formula is C22H23N5O3. The van der Waals surface area contributed by atoms with E-state index < -0.39 is 0 Å². The van der Waals surface area contributed by atoms with Crippen molar-refractivity contribution in [2.45, 2.75) is 6.42 Å². The van der Waals surface area contributed by atoms with Crippen molar-refractivity contribution in [3.8, 4) is 0 Å². The maximum absolute atomic E-state index is 12.5. The quantitative estimate of drug-likeness (QED) is 0.685. The molecule has 0 aliphatic carbocycles. The van der Waals surface area contributed by atoms with Crippen LogP contribution < -0.4 is 10.9 Å². The minimum absolute atomic E-state index is 0.00772. The number of aromatic nitrogens is 2. The van der Waals surface area contributed by atoms with Crippen LogP contribution in [-0.2, 0) is 16.0 Å². The van der Waals surface area contributed by atoms with E-state index in [1.165, 1.54) is 10.6 Å². The van der Waals surface area contributed by atoms with Gasteiger partial charge in [0.15, 0.2) is 0 Å². The van der Waals surface area contributed by atoms with Gasteiger partial charge < -0.3 is 15.1 Å². The number of benzene rings is 1. The van der Waals surface area contributed by atoms with Gasteiger partial charge in [-0.3, -0.25) is 18.8 Å². The van der Waals surface area contributed by atoms with Crippen molar-refractivity contribution in [1.29, 1.82) is 0 Å². The van der Waals surface area contributed by atoms with Crippen LogP contribution >= 0.6 is 0 Å². The second kappa shape index (κ2) is 8.77. The van der Waals surface area contributed by atoms with Gasteiger partial charge in [0.2, 0.25) is 11.8 Å². The monoisotopic (exact) mass is 405 g/mol. The lowest BCUT2D eigenvalue weighted by atomic mass is 10.1. The highest BCUT2D eigenvalue weighted by atomic mass is 16.2. The lowest BCUT2D eigenvalue weighted by Gasteiger charge is -2.35. The van der Waals surface area contributed by atoms with Gasteiger partial charge in [-0.25, -0.2) is 4.98 Å². The second-order valence-corrected chi connectivity index (χ2v) is 7.18. The highest BCUT2D eigenvalue weighted by Gasteiger charge is 2.24. The Hall–Kier alpha value is -3.68. The van der Waals surface area contributed by atoms with Gasteiger partial charge in [-0.15, -0.1) is 0 Å². The first-order chi connectivity index (χ1) is 14.6. The number of pyridine rings is 1. The molecule has 0 unspecified atom stereocenters. The van der Waals surface area contributed by atoms with Gasteiger partial charge in [0.1, 0.15) is 11.3 Å². The maximum atomic E-state index is 12.5. The molecule has 0 radical (unpaired) electrons. The van der Waals surface area contributed by atoms with Crippen LogP contribution in [0.5, 0.6) is 0 Å². The molecule has 3 aromatic rings. The van der Waals surface area contributed by atoms with E-state index >= 15 is 0 Å². The van der Waals surface area contributed by atoms with E-state index in [9.17, 15) is 14.4 Å². The molecule has 154 valence electrons. The Morgan fingerprint density at radius 2 is 1.57 bits per heavy atom. The third kappa shape index (κ3) is 4.32. The molecule has 0 spiro atoms. The Bertz CT molecular complexity index is 1100. The molecule has 8 heteroatoms. The predicted octanol–water partition coefficient (Wildman–Crippen LogP) is 1.02. The van der Waals surface area contributed by atoms with E-state index in [2.05, 4.69) is 10.3 Å². The summed E-state index contributed by atoms with van der Waals surface area (Å²) >= 11 is 0. The zero-order valence-electron chi connectivity index (χ0n) is 16.5. The molecule has 1 aliphatic rings. The molecule has 4 rings (SSSR count). The molecule has 0 atom stereocenters. The highest BCUT2D eigenvalue weighted by Crippen LogP contribution is 2.08. The van der Waals surface area contributed by atoms with E-state index in [0.29, 0.717) is 38.2 Å². The number of amides is 2. The lowest BCUT2D eigenvalue weighted by Crippen LogP contribution is -2.52. The number of rotatable bonds is 5. The predicted molar refractivity (Wildman–Crippen MR) is 113 cm³/mol. The second-order valence-electron chi connectivity index (χ2n) is 7.18. The Kier molecular flexibility index (Phi) is 5.74. The molecule has 2 aromatic heterocycles. The molecule has 8 nitrogen and oxygen atoms in total. The fraction of sp³-hybridized carbons (Fsp3) is 0.273. The number of fused-ring (bicyclic) bond motifs is 1. The molecule has 30 heavy (non-hydrogen) atoms. The summed E-state index contributed by atoms with van der Waals surface area (Å²) < 4.78 is 1.43. The summed E-state index contributed by atoms with van der Waals surface area (Å²) in [6.45, 7) is 2.00. The van der Waals surface area contributed by atoms with Gasteiger partial charge in [0, 0.05) is 32.4 Å². The molecule has 2 amide bonds. The van der Waals surface area contributed by atoms with Crippen molar-refractivity contribution in [2.24, 2.45) is 0 Å². The van der Waals surface area contributed by atoms with Crippen LogP contribution in [0.15, 0.2) is 65.7 Å². The Morgan fingerprint density at radius 1 is 0.900 bits per heavy atom. The zero-order valence-corrected chi connectivity index (χ0v) is 16.5. The van der Waals surface area contributed by atoms with E-state index in [1.54, 1.807) is 28.1 Å². The number of piperazine rings is 1. The van der Waals surface area contributed by atoms with Crippen LogP contribution in [0, 0.1) is 0 Å². The minimum Gasteiger partial charge on any atom is -0.370 e. The third-order valence-corrected chi connectivity index (χ3v) is 5.23. The van der Waals surface area contributed by atoms with Crippen molar-refractivity contribution in [3.05, 3.63) is 76.8 Å². The summed E-state index contributed by atoms with van der Waals surface area (Å²) in [4.78, 5) is 45.2. The zero-order chi connectivity index (χ0) is 20.9. The number of hydrogen-bond acceptors (Lipinski definition) is 5. The highest BCUT2D eigenvalue weighted by molar-refractivity contribution is 5.82. The van der Waals surface area contributed by atoms with Crippen LogP contribution in [0.3, 0.4) is 0 Å². The number of anilines is 1. The van der Waals surface area contributed by atoms with Crippen molar-refractivity contribution >= 4 is 23.1 Å². The minimum atomic E-state index is -0.246. The van der Waals surface area contributed by atoms with Crippen molar-refractivity contribution < 1.29 is 9.59 Å². The Balaban J connectivity index is 1.29. The molecule has 0 bridgehead atoms. The van der Waals surface area contributed by atoms with Crippen LogP contribution in [0.1, 0.15) is 5.56 Å². The molecule has 1 fully saturated rings. The van der Waals surface area contributed by atoms with Gasteiger partial charge in [0.25, 0.3) is 5.56 Å². The van der Waals surface area contributed by atoms with Crippen molar-refractivity contribution in [3.63, 3.8) is 0 Å². The Morgan fingerprint density at radius 3 is 2.30 bits per heavy atom. The van der Waals surface area contributed by atoms with Crippen LogP contribution in [0.2, 0.25) is 0 Å². The topological polar surface area (TPSA) is 87.0 Å². The van der Waals surface area contributed by atoms with Crippen LogP contribution in [-0.4, -0.2) is 63.7 Å².